The molecule has 2 aliphatic rings. The number of benzene rings is 2. The van der Waals surface area contributed by atoms with Crippen molar-refractivity contribution in [2.45, 2.75) is 24.5 Å². The Kier molecular flexibility index (Phi) is 4.22. The van der Waals surface area contributed by atoms with E-state index in [4.69, 9.17) is 21.2 Å². The molecule has 4 rings (SSSR count). The summed E-state index contributed by atoms with van der Waals surface area (Å²) in [5, 5.41) is 5.02. The normalized spacial score (nSPS) is 27.3. The number of hydrogen-bond donors (Lipinski definition) is 1. The van der Waals surface area contributed by atoms with Crippen molar-refractivity contribution >= 4 is 29.2 Å². The molecule has 0 radical (unpaired) electrons. The van der Waals surface area contributed by atoms with Crippen molar-refractivity contribution in [3.05, 3.63) is 64.7 Å². The van der Waals surface area contributed by atoms with Gasteiger partial charge < -0.3 is 10.1 Å². The zero-order valence-corrected chi connectivity index (χ0v) is 15.7. The van der Waals surface area contributed by atoms with Gasteiger partial charge in [-0.05, 0) is 30.7 Å². The van der Waals surface area contributed by atoms with Gasteiger partial charge in [0.1, 0.15) is 12.1 Å². The molecule has 2 heterocycles. The molecule has 0 bridgehead atoms. The van der Waals surface area contributed by atoms with Crippen LogP contribution in [0.2, 0.25) is 5.02 Å². The topological polar surface area (TPSA) is 67.9 Å². The number of amides is 1. The van der Waals surface area contributed by atoms with E-state index in [2.05, 4.69) is 5.32 Å². The minimum atomic E-state index is -1.23. The lowest BCUT2D eigenvalue weighted by molar-refractivity contribution is -0.222. The van der Waals surface area contributed by atoms with Crippen LogP contribution in [-0.4, -0.2) is 36.2 Å². The summed E-state index contributed by atoms with van der Waals surface area (Å²) < 4.78 is 4.98. The maximum absolute atomic E-state index is 12.5. The van der Waals surface area contributed by atoms with Crippen LogP contribution in [0.5, 0.6) is 0 Å². The van der Waals surface area contributed by atoms with E-state index in [9.17, 15) is 9.59 Å². The second-order valence-electron chi connectivity index (χ2n) is 6.99. The van der Waals surface area contributed by atoms with Crippen molar-refractivity contribution in [1.29, 1.82) is 0 Å². The van der Waals surface area contributed by atoms with Crippen LogP contribution in [0.25, 0.3) is 0 Å². The summed E-state index contributed by atoms with van der Waals surface area (Å²) in [5.74, 6) is -0.722. The fourth-order valence-electron chi connectivity index (χ4n) is 4.06. The third-order valence-electron chi connectivity index (χ3n) is 5.19. The monoisotopic (exact) mass is 386 g/mol. The van der Waals surface area contributed by atoms with E-state index in [1.165, 1.54) is 7.11 Å². The van der Waals surface area contributed by atoms with Crippen LogP contribution in [0.4, 0.5) is 5.69 Å². The second-order valence-corrected chi connectivity index (χ2v) is 7.43. The first-order chi connectivity index (χ1) is 12.9. The van der Waals surface area contributed by atoms with Gasteiger partial charge in [0.2, 0.25) is 5.91 Å². The molecule has 7 heteroatoms. The molecule has 2 aromatic carbocycles. The SMILES string of the molecule is COC(=O)C1(C)CC2(c3ccccc3)c3cc(Cl)ccc3NC(=O)CN2O1. The molecule has 2 aromatic rings. The molecular weight excluding hydrogens is 368 g/mol. The lowest BCUT2D eigenvalue weighted by atomic mass is 9.75. The largest absolute Gasteiger partial charge is 0.467 e. The van der Waals surface area contributed by atoms with Crippen LogP contribution in [0.1, 0.15) is 24.5 Å². The van der Waals surface area contributed by atoms with Gasteiger partial charge in [-0.15, -0.1) is 0 Å². The molecule has 1 N–H and O–H groups in total. The first-order valence-corrected chi connectivity index (χ1v) is 8.97. The highest BCUT2D eigenvalue weighted by Crippen LogP contribution is 2.53. The van der Waals surface area contributed by atoms with Crippen LogP contribution in [0.15, 0.2) is 48.5 Å². The Balaban J connectivity index is 2.01. The summed E-state index contributed by atoms with van der Waals surface area (Å²) in [4.78, 5) is 31.1. The molecule has 0 aliphatic carbocycles. The second kappa shape index (κ2) is 6.34. The van der Waals surface area contributed by atoms with Crippen molar-refractivity contribution in [2.75, 3.05) is 19.0 Å². The van der Waals surface area contributed by atoms with E-state index in [-0.39, 0.29) is 18.9 Å². The standard InChI is InChI=1S/C20H19ClN2O4/c1-19(18(25)26-2)12-20(13-6-4-3-5-7-13)15-10-14(21)8-9-16(15)22-17(24)11-23(20)27-19/h3-10H,11-12H2,1-2H3,(H,22,24). The Morgan fingerprint density at radius 2 is 2.00 bits per heavy atom. The van der Waals surface area contributed by atoms with E-state index >= 15 is 0 Å². The molecule has 0 spiro atoms. The Labute approximate surface area is 162 Å². The van der Waals surface area contributed by atoms with E-state index in [0.717, 1.165) is 11.1 Å². The summed E-state index contributed by atoms with van der Waals surface area (Å²) in [6, 6.07) is 15.0. The van der Waals surface area contributed by atoms with E-state index in [1.807, 2.05) is 36.4 Å². The van der Waals surface area contributed by atoms with Gasteiger partial charge in [-0.3, -0.25) is 9.63 Å². The molecule has 1 amide bonds. The maximum Gasteiger partial charge on any atom is 0.340 e. The van der Waals surface area contributed by atoms with Crippen molar-refractivity contribution in [3.8, 4) is 0 Å². The average Bonchev–Trinajstić information content (AvgIpc) is 2.91. The highest BCUT2D eigenvalue weighted by atomic mass is 35.5. The fourth-order valence-corrected chi connectivity index (χ4v) is 4.23. The molecule has 27 heavy (non-hydrogen) atoms. The van der Waals surface area contributed by atoms with Crippen LogP contribution in [0, 0.1) is 0 Å². The zero-order chi connectivity index (χ0) is 19.2. The molecule has 6 nitrogen and oxygen atoms in total. The Hall–Kier alpha value is -2.41. The van der Waals surface area contributed by atoms with Crippen molar-refractivity contribution in [2.24, 2.45) is 0 Å². The minimum Gasteiger partial charge on any atom is -0.467 e. The zero-order valence-electron chi connectivity index (χ0n) is 15.0. The lowest BCUT2D eigenvalue weighted by Crippen LogP contribution is -2.42. The van der Waals surface area contributed by atoms with Gasteiger partial charge in [-0.2, -0.15) is 5.06 Å². The number of halogens is 1. The number of carbonyl (C=O) groups is 2. The number of carbonyl (C=O) groups excluding carboxylic acids is 2. The molecule has 2 atom stereocenters. The first kappa shape index (κ1) is 18.0. The van der Waals surface area contributed by atoms with E-state index < -0.39 is 17.1 Å². The average molecular weight is 387 g/mol. The molecular formula is C20H19ClN2O4. The lowest BCUT2D eigenvalue weighted by Gasteiger charge is -2.35. The summed E-state index contributed by atoms with van der Waals surface area (Å²) in [6.07, 6.45) is 0.277. The van der Waals surface area contributed by atoms with E-state index in [0.29, 0.717) is 10.7 Å². The molecule has 140 valence electrons. The van der Waals surface area contributed by atoms with Gasteiger partial charge >= 0.3 is 5.97 Å². The molecule has 0 aromatic heterocycles. The number of hydroxylamine groups is 2. The van der Waals surface area contributed by atoms with Gasteiger partial charge in [0, 0.05) is 22.7 Å². The number of methoxy groups -OCH3 is 1. The number of hydrogen-bond acceptors (Lipinski definition) is 5. The number of nitrogens with zero attached hydrogens (tertiary/aromatic N) is 1. The number of esters is 1. The van der Waals surface area contributed by atoms with Gasteiger partial charge in [0.05, 0.1) is 7.11 Å². The first-order valence-electron chi connectivity index (χ1n) is 8.60. The summed E-state index contributed by atoms with van der Waals surface area (Å²) >= 11 is 6.30. The maximum atomic E-state index is 12.5. The van der Waals surface area contributed by atoms with Crippen LogP contribution in [0.3, 0.4) is 0 Å². The summed E-state index contributed by atoms with van der Waals surface area (Å²) in [6.45, 7) is 1.65. The number of nitrogens with one attached hydrogen (secondary N) is 1. The summed E-state index contributed by atoms with van der Waals surface area (Å²) in [5.41, 5.74) is 0.219. The quantitative estimate of drug-likeness (QED) is 0.803. The highest BCUT2D eigenvalue weighted by Gasteiger charge is 2.60. The van der Waals surface area contributed by atoms with Gasteiger partial charge in [-0.1, -0.05) is 41.9 Å². The van der Waals surface area contributed by atoms with Crippen molar-refractivity contribution in [1.82, 2.24) is 5.06 Å². The molecule has 1 saturated heterocycles. The Morgan fingerprint density at radius 3 is 2.70 bits per heavy atom. The van der Waals surface area contributed by atoms with Gasteiger partial charge in [0.25, 0.3) is 0 Å². The number of fused-ring (bicyclic) bond motifs is 3. The van der Waals surface area contributed by atoms with Crippen LogP contribution < -0.4 is 5.32 Å². The van der Waals surface area contributed by atoms with Crippen LogP contribution >= 0.6 is 11.6 Å². The predicted molar refractivity (Wildman–Crippen MR) is 100 cm³/mol. The highest BCUT2D eigenvalue weighted by molar-refractivity contribution is 6.30. The predicted octanol–water partition coefficient (Wildman–Crippen LogP) is 3.10. The van der Waals surface area contributed by atoms with Gasteiger partial charge in [-0.25, -0.2) is 4.79 Å². The fraction of sp³-hybridized carbons (Fsp3) is 0.300. The Bertz CT molecular complexity index is 919. The molecule has 2 unspecified atom stereocenters. The minimum absolute atomic E-state index is 0.0340. The van der Waals surface area contributed by atoms with Gasteiger partial charge in [0.15, 0.2) is 5.60 Å². The third-order valence-corrected chi connectivity index (χ3v) is 5.42. The van der Waals surface area contributed by atoms with Crippen molar-refractivity contribution in [3.63, 3.8) is 0 Å². The molecule has 0 saturated carbocycles. The summed E-state index contributed by atoms with van der Waals surface area (Å²) in [7, 11) is 1.33. The molecule has 2 aliphatic heterocycles. The number of rotatable bonds is 2. The number of anilines is 1. The molecule has 1 fully saturated rings. The smallest absolute Gasteiger partial charge is 0.340 e. The van der Waals surface area contributed by atoms with E-state index in [1.54, 1.807) is 24.1 Å². The number of ether oxygens (including phenoxy) is 1. The van der Waals surface area contributed by atoms with Crippen molar-refractivity contribution < 1.29 is 19.2 Å². The Morgan fingerprint density at radius 1 is 1.26 bits per heavy atom. The third kappa shape index (κ3) is 2.72. The van der Waals surface area contributed by atoms with Crippen LogP contribution in [-0.2, 0) is 24.7 Å².